The maximum Gasteiger partial charge on any atom is 0.269 e. The van der Waals surface area contributed by atoms with Gasteiger partial charge in [0.25, 0.3) is 5.69 Å². The minimum atomic E-state index is -0.772. The number of nitrogens with zero attached hydrogens (tertiary/aromatic N) is 2. The molecule has 7 heteroatoms. The number of carbonyl (C=O) groups excluding carboxylic acids is 1. The normalized spacial score (nSPS) is 16.0. The summed E-state index contributed by atoms with van der Waals surface area (Å²) in [4.78, 5) is 24.1. The van der Waals surface area contributed by atoms with Gasteiger partial charge in [-0.2, -0.15) is 5.26 Å². The lowest BCUT2D eigenvalue weighted by Crippen LogP contribution is -2.42. The fourth-order valence-electron chi connectivity index (χ4n) is 4.06. The van der Waals surface area contributed by atoms with E-state index in [9.17, 15) is 20.2 Å². The predicted octanol–water partition coefficient (Wildman–Crippen LogP) is 5.48. The lowest BCUT2D eigenvalue weighted by Gasteiger charge is -2.36. The molecule has 0 bridgehead atoms. The minimum absolute atomic E-state index is 0.00113. The van der Waals surface area contributed by atoms with Crippen LogP contribution in [-0.4, -0.2) is 16.9 Å². The maximum atomic E-state index is 13.5. The lowest BCUT2D eigenvalue weighted by molar-refractivity contribution is -0.384. The molecule has 7 nitrogen and oxygen atoms in total. The summed E-state index contributed by atoms with van der Waals surface area (Å²) in [5, 5.41) is 23.6. The molecule has 1 aliphatic carbocycles. The average molecular weight is 421 g/mol. The standard InChI is InChI=1S/C24H27N3O4/c1-3-17(2)31-21-11-12-22(18(15-21)16-25)26-23(28)24(13-5-4-6-14-24)19-7-9-20(10-8-19)27(29)30/h7-12,15,17H,3-6,13-14H2,1-2H3,(H,26,28). The SMILES string of the molecule is CCC(C)Oc1ccc(NC(=O)C2(c3ccc([N+](=O)[O-])cc3)CCCCC2)c(C#N)c1. The van der Waals surface area contributed by atoms with Crippen LogP contribution in [0.2, 0.25) is 0 Å². The summed E-state index contributed by atoms with van der Waals surface area (Å²) < 4.78 is 5.78. The van der Waals surface area contributed by atoms with E-state index < -0.39 is 10.3 Å². The Morgan fingerprint density at radius 3 is 2.48 bits per heavy atom. The lowest BCUT2D eigenvalue weighted by atomic mass is 9.68. The summed E-state index contributed by atoms with van der Waals surface area (Å²) in [6.45, 7) is 3.98. The van der Waals surface area contributed by atoms with Crippen molar-refractivity contribution in [1.29, 1.82) is 5.26 Å². The van der Waals surface area contributed by atoms with Gasteiger partial charge in [0.2, 0.25) is 5.91 Å². The Balaban J connectivity index is 1.89. The van der Waals surface area contributed by atoms with Crippen molar-refractivity contribution in [3.05, 3.63) is 63.7 Å². The first kappa shape index (κ1) is 22.3. The van der Waals surface area contributed by atoms with Gasteiger partial charge in [0.15, 0.2) is 0 Å². The van der Waals surface area contributed by atoms with E-state index in [0.717, 1.165) is 31.2 Å². The molecule has 1 saturated carbocycles. The minimum Gasteiger partial charge on any atom is -0.491 e. The Bertz CT molecular complexity index is 989. The summed E-state index contributed by atoms with van der Waals surface area (Å²) in [6.07, 6.45) is 5.04. The number of ether oxygens (including phenoxy) is 1. The smallest absolute Gasteiger partial charge is 0.269 e. The third kappa shape index (κ3) is 4.85. The van der Waals surface area contributed by atoms with E-state index in [-0.39, 0.29) is 17.7 Å². The van der Waals surface area contributed by atoms with Gasteiger partial charge in [0.05, 0.1) is 27.7 Å². The highest BCUT2D eigenvalue weighted by Gasteiger charge is 2.41. The molecule has 0 aromatic heterocycles. The first-order valence-electron chi connectivity index (χ1n) is 10.7. The number of anilines is 1. The second-order valence-electron chi connectivity index (χ2n) is 8.06. The molecule has 0 radical (unpaired) electrons. The Kier molecular flexibility index (Phi) is 6.91. The van der Waals surface area contributed by atoms with Crippen LogP contribution in [0.3, 0.4) is 0 Å². The predicted molar refractivity (Wildman–Crippen MR) is 118 cm³/mol. The molecule has 1 atom stereocenters. The summed E-state index contributed by atoms with van der Waals surface area (Å²) in [5.74, 6) is 0.403. The molecule has 1 unspecified atom stereocenters. The van der Waals surface area contributed by atoms with E-state index in [1.165, 1.54) is 12.1 Å². The molecule has 1 aliphatic rings. The van der Waals surface area contributed by atoms with Crippen molar-refractivity contribution in [3.8, 4) is 11.8 Å². The number of hydrogen-bond donors (Lipinski definition) is 1. The van der Waals surface area contributed by atoms with Crippen molar-refractivity contribution >= 4 is 17.3 Å². The van der Waals surface area contributed by atoms with Crippen LogP contribution >= 0.6 is 0 Å². The van der Waals surface area contributed by atoms with Crippen LogP contribution in [0, 0.1) is 21.4 Å². The number of nitro groups is 1. The second kappa shape index (κ2) is 9.61. The summed E-state index contributed by atoms with van der Waals surface area (Å²) >= 11 is 0. The van der Waals surface area contributed by atoms with E-state index in [4.69, 9.17) is 4.74 Å². The number of nitriles is 1. The fraction of sp³-hybridized carbons (Fsp3) is 0.417. The van der Waals surface area contributed by atoms with E-state index >= 15 is 0 Å². The molecular formula is C24H27N3O4. The van der Waals surface area contributed by atoms with Crippen LogP contribution in [0.25, 0.3) is 0 Å². The van der Waals surface area contributed by atoms with Crippen molar-refractivity contribution in [2.45, 2.75) is 63.9 Å². The van der Waals surface area contributed by atoms with Crippen LogP contribution in [-0.2, 0) is 10.2 Å². The first-order chi connectivity index (χ1) is 14.9. The quantitative estimate of drug-likeness (QED) is 0.470. The highest BCUT2D eigenvalue weighted by atomic mass is 16.6. The monoisotopic (exact) mass is 421 g/mol. The van der Waals surface area contributed by atoms with Gasteiger partial charge >= 0.3 is 0 Å². The van der Waals surface area contributed by atoms with Gasteiger partial charge in [0.1, 0.15) is 11.8 Å². The molecule has 31 heavy (non-hydrogen) atoms. The van der Waals surface area contributed by atoms with Crippen molar-refractivity contribution in [3.63, 3.8) is 0 Å². The molecule has 1 amide bonds. The Morgan fingerprint density at radius 1 is 1.23 bits per heavy atom. The molecule has 0 heterocycles. The van der Waals surface area contributed by atoms with Crippen LogP contribution in [0.1, 0.15) is 63.5 Å². The number of benzene rings is 2. The van der Waals surface area contributed by atoms with Crippen LogP contribution in [0.4, 0.5) is 11.4 Å². The first-order valence-corrected chi connectivity index (χ1v) is 10.7. The van der Waals surface area contributed by atoms with Crippen LogP contribution in [0.15, 0.2) is 42.5 Å². The third-order valence-corrected chi connectivity index (χ3v) is 6.04. The number of hydrogen-bond acceptors (Lipinski definition) is 5. The van der Waals surface area contributed by atoms with Crippen molar-refractivity contribution in [2.24, 2.45) is 0 Å². The van der Waals surface area contributed by atoms with Gasteiger partial charge in [0, 0.05) is 18.2 Å². The molecule has 162 valence electrons. The Labute approximate surface area is 182 Å². The number of carbonyl (C=O) groups is 1. The Morgan fingerprint density at radius 2 is 1.90 bits per heavy atom. The molecule has 0 spiro atoms. The highest BCUT2D eigenvalue weighted by molar-refractivity contribution is 6.00. The van der Waals surface area contributed by atoms with Crippen LogP contribution in [0.5, 0.6) is 5.75 Å². The summed E-state index contributed by atoms with van der Waals surface area (Å²) in [6, 6.07) is 13.5. The molecule has 0 aliphatic heterocycles. The zero-order valence-corrected chi connectivity index (χ0v) is 17.9. The van der Waals surface area contributed by atoms with Crippen molar-refractivity contribution in [1.82, 2.24) is 0 Å². The van der Waals surface area contributed by atoms with E-state index in [1.807, 2.05) is 13.8 Å². The number of nitrogens with one attached hydrogen (secondary N) is 1. The van der Waals surface area contributed by atoms with E-state index in [2.05, 4.69) is 11.4 Å². The molecular weight excluding hydrogens is 394 g/mol. The number of amides is 1. The molecule has 2 aromatic carbocycles. The number of non-ortho nitro benzene ring substituents is 1. The molecule has 0 saturated heterocycles. The average Bonchev–Trinajstić information content (AvgIpc) is 2.80. The van der Waals surface area contributed by atoms with Crippen LogP contribution < -0.4 is 10.1 Å². The summed E-state index contributed by atoms with van der Waals surface area (Å²) in [5.41, 5.74) is 0.774. The van der Waals surface area contributed by atoms with Crippen molar-refractivity contribution < 1.29 is 14.5 Å². The zero-order valence-electron chi connectivity index (χ0n) is 17.9. The topological polar surface area (TPSA) is 105 Å². The molecule has 1 N–H and O–H groups in total. The molecule has 2 aromatic rings. The summed E-state index contributed by atoms with van der Waals surface area (Å²) in [7, 11) is 0. The third-order valence-electron chi connectivity index (χ3n) is 6.04. The number of rotatable bonds is 7. The van der Waals surface area contributed by atoms with Gasteiger partial charge < -0.3 is 10.1 Å². The van der Waals surface area contributed by atoms with E-state index in [1.54, 1.807) is 30.3 Å². The highest BCUT2D eigenvalue weighted by Crippen LogP contribution is 2.41. The van der Waals surface area contributed by atoms with E-state index in [0.29, 0.717) is 29.8 Å². The number of nitro benzene ring substituents is 1. The van der Waals surface area contributed by atoms with Gasteiger partial charge in [-0.3, -0.25) is 14.9 Å². The maximum absolute atomic E-state index is 13.5. The van der Waals surface area contributed by atoms with Gasteiger partial charge in [-0.25, -0.2) is 0 Å². The van der Waals surface area contributed by atoms with Crippen molar-refractivity contribution in [2.75, 3.05) is 5.32 Å². The van der Waals surface area contributed by atoms with Gasteiger partial charge in [-0.15, -0.1) is 0 Å². The zero-order chi connectivity index (χ0) is 22.4. The second-order valence-corrected chi connectivity index (χ2v) is 8.06. The van der Waals surface area contributed by atoms with Gasteiger partial charge in [-0.05, 0) is 43.9 Å². The Hall–Kier alpha value is -3.40. The largest absolute Gasteiger partial charge is 0.491 e. The fourth-order valence-corrected chi connectivity index (χ4v) is 4.06. The molecule has 1 fully saturated rings. The molecule has 3 rings (SSSR count). The van der Waals surface area contributed by atoms with Gasteiger partial charge in [-0.1, -0.05) is 38.3 Å².